The predicted octanol–water partition coefficient (Wildman–Crippen LogP) is 2.01. The monoisotopic (exact) mass is 380 g/mol. The van der Waals surface area contributed by atoms with Gasteiger partial charge in [0.05, 0.1) is 0 Å². The average Bonchev–Trinajstić information content (AvgIpc) is 2.57. The van der Waals surface area contributed by atoms with Gasteiger partial charge in [-0.25, -0.2) is 14.2 Å². The van der Waals surface area contributed by atoms with Gasteiger partial charge in [-0.15, -0.1) is 0 Å². The summed E-state index contributed by atoms with van der Waals surface area (Å²) < 4.78 is 13.9. The minimum atomic E-state index is -1.60. The van der Waals surface area contributed by atoms with E-state index in [1.54, 1.807) is 24.3 Å². The highest BCUT2D eigenvalue weighted by molar-refractivity contribution is 6.45. The first-order valence-corrected chi connectivity index (χ1v) is 8.28. The number of rotatable bonds is 8. The molecule has 0 saturated carbocycles. The summed E-state index contributed by atoms with van der Waals surface area (Å²) in [6.07, 6.45) is -1.60. The molecule has 9 heteroatoms. The number of halogens is 2. The van der Waals surface area contributed by atoms with Crippen LogP contribution in [0, 0.1) is 5.82 Å². The molecule has 138 valence electrons. The smallest absolute Gasteiger partial charge is 0.388 e. The van der Waals surface area contributed by atoms with Gasteiger partial charge < -0.3 is 15.2 Å². The molecule has 0 aromatic heterocycles. The Hall–Kier alpha value is -1.97. The van der Waals surface area contributed by atoms with Crippen molar-refractivity contribution in [3.8, 4) is 11.1 Å². The van der Waals surface area contributed by atoms with Crippen LogP contribution in [0.2, 0.25) is 11.8 Å². The SMILES string of the molecule is CB(O)NN(Cc1ccc(-c2cc(Cl)ccc2F)cc1)C[C@@H](O)C(=O)O. The number of aliphatic hydroxyl groups is 1. The molecule has 1 atom stereocenters. The van der Waals surface area contributed by atoms with Gasteiger partial charge >= 0.3 is 13.0 Å². The van der Waals surface area contributed by atoms with Crippen molar-refractivity contribution in [3.05, 3.63) is 58.9 Å². The summed E-state index contributed by atoms with van der Waals surface area (Å²) in [7, 11) is -0.921. The number of carboxylic acids is 1. The molecule has 0 amide bonds. The minimum Gasteiger partial charge on any atom is -0.479 e. The molecule has 0 spiro atoms. The summed E-state index contributed by atoms with van der Waals surface area (Å²) in [5, 5.41) is 32.3. The second-order valence-electron chi connectivity index (χ2n) is 5.86. The zero-order chi connectivity index (χ0) is 19.3. The number of nitrogens with one attached hydrogen (secondary N) is 1. The van der Waals surface area contributed by atoms with Gasteiger partial charge in [0, 0.05) is 23.7 Å². The summed E-state index contributed by atoms with van der Waals surface area (Å²) in [6.45, 7) is 1.49. The van der Waals surface area contributed by atoms with Crippen LogP contribution in [0.25, 0.3) is 11.1 Å². The molecule has 0 aliphatic carbocycles. The third-order valence-corrected chi connectivity index (χ3v) is 3.85. The first-order valence-electron chi connectivity index (χ1n) is 7.90. The van der Waals surface area contributed by atoms with Crippen molar-refractivity contribution < 1.29 is 24.4 Å². The quantitative estimate of drug-likeness (QED) is 0.413. The van der Waals surface area contributed by atoms with E-state index in [-0.39, 0.29) is 18.9 Å². The summed E-state index contributed by atoms with van der Waals surface area (Å²) in [5.41, 5.74) is 1.81. The standard InChI is InChI=1S/C17H19BClFN2O4/c1-18(26)21-22(10-16(23)17(24)25)9-11-2-4-12(5-3-11)14-8-13(19)6-7-15(14)20/h2-8,16,21,23,26H,9-10H2,1H3,(H,24,25)/t16-/m1/s1. The van der Waals surface area contributed by atoms with E-state index in [0.717, 1.165) is 5.56 Å². The lowest BCUT2D eigenvalue weighted by Crippen LogP contribution is -2.50. The van der Waals surface area contributed by atoms with Crippen LogP contribution in [0.15, 0.2) is 42.5 Å². The van der Waals surface area contributed by atoms with Gasteiger partial charge in [0.15, 0.2) is 6.10 Å². The normalized spacial score (nSPS) is 12.2. The maximum Gasteiger partial charge on any atom is 0.388 e. The molecular formula is C17H19BClFN2O4. The molecule has 2 rings (SSSR count). The van der Waals surface area contributed by atoms with Crippen LogP contribution in [0.4, 0.5) is 4.39 Å². The van der Waals surface area contributed by atoms with E-state index < -0.39 is 19.1 Å². The molecule has 0 aliphatic heterocycles. The van der Waals surface area contributed by atoms with Crippen molar-refractivity contribution in [2.45, 2.75) is 19.5 Å². The second kappa shape index (κ2) is 9.11. The molecule has 2 aromatic carbocycles. The van der Waals surface area contributed by atoms with Gasteiger partial charge in [-0.05, 0) is 36.1 Å². The summed E-state index contributed by atoms with van der Waals surface area (Å²) in [6, 6.07) is 11.3. The van der Waals surface area contributed by atoms with Crippen LogP contribution in [0.3, 0.4) is 0 Å². The zero-order valence-corrected chi connectivity index (χ0v) is 14.8. The van der Waals surface area contributed by atoms with E-state index in [2.05, 4.69) is 5.34 Å². The molecular weight excluding hydrogens is 361 g/mol. The number of carboxylic acid groups (broad SMARTS) is 1. The van der Waals surface area contributed by atoms with E-state index in [9.17, 15) is 19.3 Å². The summed E-state index contributed by atoms with van der Waals surface area (Å²) in [4.78, 5) is 10.8. The second-order valence-corrected chi connectivity index (χ2v) is 6.30. The van der Waals surface area contributed by atoms with Gasteiger partial charge in [-0.2, -0.15) is 0 Å². The highest BCUT2D eigenvalue weighted by Crippen LogP contribution is 2.26. The highest BCUT2D eigenvalue weighted by atomic mass is 35.5. The Morgan fingerprint density at radius 2 is 1.96 bits per heavy atom. The topological polar surface area (TPSA) is 93.0 Å². The van der Waals surface area contributed by atoms with Crippen molar-refractivity contribution in [2.75, 3.05) is 6.54 Å². The molecule has 4 N–H and O–H groups in total. The fourth-order valence-corrected chi connectivity index (χ4v) is 2.61. The van der Waals surface area contributed by atoms with E-state index >= 15 is 0 Å². The Kier molecular flexibility index (Phi) is 7.13. The van der Waals surface area contributed by atoms with Crippen molar-refractivity contribution in [3.63, 3.8) is 0 Å². The van der Waals surface area contributed by atoms with E-state index in [4.69, 9.17) is 16.7 Å². The Labute approximate surface area is 155 Å². The van der Waals surface area contributed by atoms with Crippen LogP contribution in [-0.4, -0.2) is 45.9 Å². The van der Waals surface area contributed by atoms with E-state index in [0.29, 0.717) is 16.1 Å². The van der Waals surface area contributed by atoms with Gasteiger partial charge in [-0.1, -0.05) is 35.9 Å². The van der Waals surface area contributed by atoms with E-state index in [1.165, 1.54) is 30.0 Å². The van der Waals surface area contributed by atoms with Crippen molar-refractivity contribution >= 4 is 24.6 Å². The maximum absolute atomic E-state index is 13.9. The molecule has 0 unspecified atom stereocenters. The number of hydrogen-bond acceptors (Lipinski definition) is 5. The molecule has 0 fully saturated rings. The molecule has 0 saturated heterocycles. The number of aliphatic hydroxyl groups excluding tert-OH is 1. The first-order chi connectivity index (χ1) is 12.3. The molecule has 26 heavy (non-hydrogen) atoms. The Balaban J connectivity index is 2.14. The van der Waals surface area contributed by atoms with Crippen LogP contribution in [-0.2, 0) is 11.3 Å². The molecule has 6 nitrogen and oxygen atoms in total. The first kappa shape index (κ1) is 20.3. The number of nitrogens with zero attached hydrogens (tertiary/aromatic N) is 1. The number of carbonyl (C=O) groups is 1. The average molecular weight is 381 g/mol. The van der Waals surface area contributed by atoms with Crippen LogP contribution in [0.5, 0.6) is 0 Å². The predicted molar refractivity (Wildman–Crippen MR) is 97.9 cm³/mol. The third-order valence-electron chi connectivity index (χ3n) is 3.61. The van der Waals surface area contributed by atoms with Gasteiger partial charge in [0.25, 0.3) is 0 Å². The molecule has 0 bridgehead atoms. The zero-order valence-electron chi connectivity index (χ0n) is 14.1. The van der Waals surface area contributed by atoms with Crippen molar-refractivity contribution in [1.29, 1.82) is 0 Å². The molecule has 0 aliphatic rings. The highest BCUT2D eigenvalue weighted by Gasteiger charge is 2.20. The Morgan fingerprint density at radius 1 is 1.31 bits per heavy atom. The Bertz CT molecular complexity index is 761. The molecule has 2 aromatic rings. The summed E-state index contributed by atoms with van der Waals surface area (Å²) in [5.74, 6) is -1.74. The minimum absolute atomic E-state index is 0.217. The van der Waals surface area contributed by atoms with Crippen LogP contribution >= 0.6 is 11.6 Å². The van der Waals surface area contributed by atoms with Gasteiger partial charge in [0.2, 0.25) is 0 Å². The number of benzene rings is 2. The lowest BCUT2D eigenvalue weighted by atomic mass is 9.90. The lowest BCUT2D eigenvalue weighted by molar-refractivity contribution is -0.148. The number of aliphatic carboxylic acids is 1. The maximum atomic E-state index is 13.9. The number of hydrogen-bond donors (Lipinski definition) is 4. The van der Waals surface area contributed by atoms with Crippen molar-refractivity contribution in [2.24, 2.45) is 0 Å². The summed E-state index contributed by atoms with van der Waals surface area (Å²) >= 11 is 5.91. The lowest BCUT2D eigenvalue weighted by Gasteiger charge is -2.25. The van der Waals surface area contributed by atoms with Crippen LogP contribution in [0.1, 0.15) is 5.56 Å². The van der Waals surface area contributed by atoms with Gasteiger partial charge in [-0.3, -0.25) is 5.34 Å². The Morgan fingerprint density at radius 3 is 2.54 bits per heavy atom. The number of hydrazine groups is 1. The fraction of sp³-hybridized carbons (Fsp3) is 0.235. The van der Waals surface area contributed by atoms with Crippen LogP contribution < -0.4 is 5.34 Å². The fourth-order valence-electron chi connectivity index (χ4n) is 2.44. The molecule has 0 radical (unpaired) electrons. The van der Waals surface area contributed by atoms with E-state index in [1.807, 2.05) is 0 Å². The third kappa shape index (κ3) is 5.79. The van der Waals surface area contributed by atoms with Crippen molar-refractivity contribution in [1.82, 2.24) is 10.3 Å². The largest absolute Gasteiger partial charge is 0.479 e. The molecule has 0 heterocycles. The van der Waals surface area contributed by atoms with Gasteiger partial charge in [0.1, 0.15) is 5.82 Å².